The van der Waals surface area contributed by atoms with Gasteiger partial charge in [-0.3, -0.25) is 4.79 Å². The number of amides is 1. The summed E-state index contributed by atoms with van der Waals surface area (Å²) < 4.78 is 0. The van der Waals surface area contributed by atoms with Gasteiger partial charge in [0.25, 0.3) is 5.91 Å². The summed E-state index contributed by atoms with van der Waals surface area (Å²) in [6.07, 6.45) is 4.58. The van der Waals surface area contributed by atoms with Crippen LogP contribution in [0.4, 0.5) is 5.69 Å². The zero-order valence-electron chi connectivity index (χ0n) is 11.1. The zero-order chi connectivity index (χ0) is 12.8. The third kappa shape index (κ3) is 3.03. The minimum Gasteiger partial charge on any atom is -0.384 e. The predicted molar refractivity (Wildman–Crippen MR) is 75.0 cm³/mol. The van der Waals surface area contributed by atoms with Crippen LogP contribution in [-0.2, 0) is 0 Å². The number of para-hydroxylation sites is 1. The topological polar surface area (TPSA) is 32.3 Å². The van der Waals surface area contributed by atoms with Crippen LogP contribution in [0.1, 0.15) is 43.0 Å². The van der Waals surface area contributed by atoms with Gasteiger partial charge in [-0.1, -0.05) is 19.1 Å². The van der Waals surface area contributed by atoms with Gasteiger partial charge in [-0.2, -0.15) is 0 Å². The van der Waals surface area contributed by atoms with E-state index in [0.717, 1.165) is 50.1 Å². The lowest BCUT2D eigenvalue weighted by Gasteiger charge is -2.27. The second-order valence-corrected chi connectivity index (χ2v) is 4.83. The summed E-state index contributed by atoms with van der Waals surface area (Å²) in [5, 5.41) is 3.34. The second kappa shape index (κ2) is 6.43. The van der Waals surface area contributed by atoms with Gasteiger partial charge < -0.3 is 10.2 Å². The Morgan fingerprint density at radius 3 is 2.67 bits per heavy atom. The molecule has 1 heterocycles. The first-order valence-electron chi connectivity index (χ1n) is 6.95. The number of piperidine rings is 1. The lowest BCUT2D eigenvalue weighted by Crippen LogP contribution is -2.36. The van der Waals surface area contributed by atoms with Crippen molar-refractivity contribution in [2.24, 2.45) is 0 Å². The van der Waals surface area contributed by atoms with Crippen LogP contribution >= 0.6 is 0 Å². The molecule has 0 aliphatic carbocycles. The molecule has 3 nitrogen and oxygen atoms in total. The van der Waals surface area contributed by atoms with Crippen molar-refractivity contribution in [1.82, 2.24) is 4.90 Å². The molecule has 1 fully saturated rings. The monoisotopic (exact) mass is 246 g/mol. The van der Waals surface area contributed by atoms with E-state index in [9.17, 15) is 4.79 Å². The summed E-state index contributed by atoms with van der Waals surface area (Å²) in [6, 6.07) is 7.83. The molecule has 98 valence electrons. The fourth-order valence-corrected chi connectivity index (χ4v) is 2.35. The molecule has 0 radical (unpaired) electrons. The Morgan fingerprint density at radius 1 is 1.22 bits per heavy atom. The van der Waals surface area contributed by atoms with Crippen LogP contribution in [0.2, 0.25) is 0 Å². The summed E-state index contributed by atoms with van der Waals surface area (Å²) in [5.41, 5.74) is 1.78. The number of benzene rings is 1. The van der Waals surface area contributed by atoms with Gasteiger partial charge in [0.05, 0.1) is 5.56 Å². The molecule has 18 heavy (non-hydrogen) atoms. The number of rotatable bonds is 4. The van der Waals surface area contributed by atoms with Crippen LogP contribution in [0.5, 0.6) is 0 Å². The fraction of sp³-hybridized carbons (Fsp3) is 0.533. The smallest absolute Gasteiger partial charge is 0.255 e. The Kier molecular flexibility index (Phi) is 4.62. The van der Waals surface area contributed by atoms with Crippen molar-refractivity contribution < 1.29 is 4.79 Å². The first-order valence-corrected chi connectivity index (χ1v) is 6.95. The number of carbonyl (C=O) groups is 1. The predicted octanol–water partition coefficient (Wildman–Crippen LogP) is 3.13. The van der Waals surface area contributed by atoms with Gasteiger partial charge in [-0.15, -0.1) is 0 Å². The van der Waals surface area contributed by atoms with Crippen LogP contribution in [-0.4, -0.2) is 30.4 Å². The van der Waals surface area contributed by atoms with Gasteiger partial charge in [0, 0.05) is 25.3 Å². The van der Waals surface area contributed by atoms with E-state index in [4.69, 9.17) is 0 Å². The average molecular weight is 246 g/mol. The molecule has 1 aliphatic heterocycles. The Morgan fingerprint density at radius 2 is 1.94 bits per heavy atom. The van der Waals surface area contributed by atoms with Crippen LogP contribution in [0.25, 0.3) is 0 Å². The molecule has 1 aromatic carbocycles. The quantitative estimate of drug-likeness (QED) is 0.885. The van der Waals surface area contributed by atoms with Crippen molar-refractivity contribution in [1.29, 1.82) is 0 Å². The number of nitrogens with one attached hydrogen (secondary N) is 1. The molecule has 1 amide bonds. The van der Waals surface area contributed by atoms with Crippen LogP contribution in [0.15, 0.2) is 24.3 Å². The van der Waals surface area contributed by atoms with E-state index < -0.39 is 0 Å². The summed E-state index contributed by atoms with van der Waals surface area (Å²) in [5.74, 6) is 0.175. The molecule has 1 aromatic rings. The highest BCUT2D eigenvalue weighted by Crippen LogP contribution is 2.19. The van der Waals surface area contributed by atoms with Gasteiger partial charge in [0.2, 0.25) is 0 Å². The van der Waals surface area contributed by atoms with Crippen molar-refractivity contribution in [2.75, 3.05) is 25.0 Å². The first-order chi connectivity index (χ1) is 8.83. The maximum atomic E-state index is 12.5. The molecule has 0 atom stereocenters. The highest BCUT2D eigenvalue weighted by atomic mass is 16.2. The van der Waals surface area contributed by atoms with Crippen molar-refractivity contribution in [3.05, 3.63) is 29.8 Å². The number of hydrogen-bond acceptors (Lipinski definition) is 2. The molecule has 1 aliphatic rings. The van der Waals surface area contributed by atoms with Crippen LogP contribution in [0, 0.1) is 0 Å². The second-order valence-electron chi connectivity index (χ2n) is 4.83. The number of hydrogen-bond donors (Lipinski definition) is 1. The molecule has 1 N–H and O–H groups in total. The van der Waals surface area contributed by atoms with E-state index in [1.807, 2.05) is 29.2 Å². The Balaban J connectivity index is 2.12. The van der Waals surface area contributed by atoms with Crippen molar-refractivity contribution in [3.8, 4) is 0 Å². The minimum absolute atomic E-state index is 0.175. The Labute approximate surface area is 109 Å². The van der Waals surface area contributed by atoms with Gasteiger partial charge in [-0.05, 0) is 37.8 Å². The van der Waals surface area contributed by atoms with Gasteiger partial charge in [0.15, 0.2) is 0 Å². The maximum Gasteiger partial charge on any atom is 0.255 e. The van der Waals surface area contributed by atoms with Crippen LogP contribution < -0.4 is 5.32 Å². The number of likely N-dealkylation sites (tertiary alicyclic amines) is 1. The third-order valence-corrected chi connectivity index (χ3v) is 3.37. The fourth-order valence-electron chi connectivity index (χ4n) is 2.35. The van der Waals surface area contributed by atoms with E-state index in [-0.39, 0.29) is 5.91 Å². The lowest BCUT2D eigenvalue weighted by molar-refractivity contribution is 0.0725. The molecule has 0 spiro atoms. The number of nitrogens with zero attached hydrogens (tertiary/aromatic N) is 1. The van der Waals surface area contributed by atoms with Gasteiger partial charge >= 0.3 is 0 Å². The highest BCUT2D eigenvalue weighted by Gasteiger charge is 2.20. The largest absolute Gasteiger partial charge is 0.384 e. The Hall–Kier alpha value is -1.51. The Bertz CT molecular complexity index is 397. The molecule has 1 saturated heterocycles. The van der Waals surface area contributed by atoms with E-state index >= 15 is 0 Å². The highest BCUT2D eigenvalue weighted by molar-refractivity contribution is 5.99. The third-order valence-electron chi connectivity index (χ3n) is 3.37. The molecule has 2 rings (SSSR count). The van der Waals surface area contributed by atoms with Gasteiger partial charge in [-0.25, -0.2) is 0 Å². The van der Waals surface area contributed by atoms with Crippen molar-refractivity contribution in [2.45, 2.75) is 32.6 Å². The maximum absolute atomic E-state index is 12.5. The molecular weight excluding hydrogens is 224 g/mol. The summed E-state index contributed by atoms with van der Waals surface area (Å²) in [7, 11) is 0. The van der Waals surface area contributed by atoms with E-state index in [0.29, 0.717) is 0 Å². The molecule has 0 unspecified atom stereocenters. The van der Waals surface area contributed by atoms with Gasteiger partial charge in [0.1, 0.15) is 0 Å². The summed E-state index contributed by atoms with van der Waals surface area (Å²) >= 11 is 0. The molecule has 0 saturated carbocycles. The number of anilines is 1. The standard InChI is InChI=1S/C15H22N2O/c1-2-10-16-14-9-5-4-8-13(14)15(18)17-11-6-3-7-12-17/h4-5,8-9,16H,2-3,6-7,10-12H2,1H3. The van der Waals surface area contributed by atoms with Crippen molar-refractivity contribution in [3.63, 3.8) is 0 Å². The SMILES string of the molecule is CCCNc1ccccc1C(=O)N1CCCCC1. The normalized spacial score (nSPS) is 15.5. The average Bonchev–Trinajstić information content (AvgIpc) is 2.45. The molecular formula is C15H22N2O. The zero-order valence-corrected chi connectivity index (χ0v) is 11.1. The molecule has 3 heteroatoms. The van der Waals surface area contributed by atoms with E-state index in [1.54, 1.807) is 0 Å². The lowest BCUT2D eigenvalue weighted by atomic mass is 10.1. The first kappa shape index (κ1) is 12.9. The number of carbonyl (C=O) groups excluding carboxylic acids is 1. The van der Waals surface area contributed by atoms with E-state index in [1.165, 1.54) is 6.42 Å². The van der Waals surface area contributed by atoms with Crippen molar-refractivity contribution >= 4 is 11.6 Å². The van der Waals surface area contributed by atoms with E-state index in [2.05, 4.69) is 12.2 Å². The molecule has 0 bridgehead atoms. The molecule has 0 aromatic heterocycles. The van der Waals surface area contributed by atoms with Crippen LogP contribution in [0.3, 0.4) is 0 Å². The summed E-state index contributed by atoms with van der Waals surface area (Å²) in [4.78, 5) is 14.5. The summed E-state index contributed by atoms with van der Waals surface area (Å²) in [6.45, 7) is 4.84. The minimum atomic E-state index is 0.175.